The van der Waals surface area contributed by atoms with Crippen molar-refractivity contribution in [3.8, 4) is 11.1 Å². The van der Waals surface area contributed by atoms with Gasteiger partial charge in [-0.3, -0.25) is 9.36 Å². The highest BCUT2D eigenvalue weighted by molar-refractivity contribution is 7.19. The molecule has 0 aliphatic rings. The van der Waals surface area contributed by atoms with Crippen LogP contribution in [-0.2, 0) is 6.54 Å². The average molecular weight is 394 g/mol. The smallest absolute Gasteiger partial charge is 0.335 e. The summed E-state index contributed by atoms with van der Waals surface area (Å²) in [4.78, 5) is 30.1. The van der Waals surface area contributed by atoms with Crippen molar-refractivity contribution in [2.75, 3.05) is 0 Å². The molecule has 0 amide bonds. The van der Waals surface area contributed by atoms with Gasteiger partial charge in [0.05, 0.1) is 23.8 Å². The zero-order valence-corrected chi connectivity index (χ0v) is 15.7. The molecule has 0 unspecified atom stereocenters. The minimum Gasteiger partial charge on any atom is -0.478 e. The Morgan fingerprint density at radius 2 is 1.82 bits per heavy atom. The molecular formula is C21H15FN2O3S. The van der Waals surface area contributed by atoms with Gasteiger partial charge in [0.15, 0.2) is 0 Å². The van der Waals surface area contributed by atoms with Gasteiger partial charge in [0.25, 0.3) is 5.56 Å². The third-order valence-electron chi connectivity index (χ3n) is 4.54. The number of fused-ring (bicyclic) bond motifs is 1. The molecule has 0 spiro atoms. The zero-order chi connectivity index (χ0) is 19.8. The van der Waals surface area contributed by atoms with Gasteiger partial charge in [-0.25, -0.2) is 14.2 Å². The highest BCUT2D eigenvalue weighted by Gasteiger charge is 2.17. The third kappa shape index (κ3) is 3.20. The minimum atomic E-state index is -0.996. The van der Waals surface area contributed by atoms with E-state index in [0.717, 1.165) is 21.6 Å². The van der Waals surface area contributed by atoms with E-state index in [1.807, 2.05) is 6.92 Å². The number of aromatic nitrogens is 2. The number of thiophene rings is 1. The number of carboxylic acid groups (broad SMARTS) is 1. The monoisotopic (exact) mass is 394 g/mol. The summed E-state index contributed by atoms with van der Waals surface area (Å²) in [5.41, 5.74) is 2.34. The van der Waals surface area contributed by atoms with Crippen molar-refractivity contribution in [1.29, 1.82) is 0 Å². The lowest BCUT2D eigenvalue weighted by molar-refractivity contribution is 0.0697. The number of benzene rings is 2. The molecule has 0 fully saturated rings. The molecule has 2 aromatic heterocycles. The maximum atomic E-state index is 13.3. The van der Waals surface area contributed by atoms with E-state index in [1.165, 1.54) is 46.5 Å². The van der Waals surface area contributed by atoms with Crippen molar-refractivity contribution in [2.45, 2.75) is 13.5 Å². The van der Waals surface area contributed by atoms with E-state index < -0.39 is 5.97 Å². The van der Waals surface area contributed by atoms with Crippen LogP contribution in [0.15, 0.2) is 59.7 Å². The van der Waals surface area contributed by atoms with Gasteiger partial charge < -0.3 is 5.11 Å². The zero-order valence-electron chi connectivity index (χ0n) is 14.8. The van der Waals surface area contributed by atoms with Crippen LogP contribution in [0.25, 0.3) is 21.3 Å². The lowest BCUT2D eigenvalue weighted by atomic mass is 10.0. The van der Waals surface area contributed by atoms with Crippen molar-refractivity contribution >= 4 is 27.5 Å². The molecule has 1 N–H and O–H groups in total. The highest BCUT2D eigenvalue weighted by atomic mass is 32.1. The van der Waals surface area contributed by atoms with Crippen LogP contribution in [0.5, 0.6) is 0 Å². The summed E-state index contributed by atoms with van der Waals surface area (Å²) < 4.78 is 14.8. The number of hydrogen-bond donors (Lipinski definition) is 1. The fourth-order valence-electron chi connectivity index (χ4n) is 3.16. The van der Waals surface area contributed by atoms with E-state index in [2.05, 4.69) is 4.98 Å². The van der Waals surface area contributed by atoms with E-state index in [-0.39, 0.29) is 23.5 Å². The number of hydrogen-bond acceptors (Lipinski definition) is 4. The summed E-state index contributed by atoms with van der Waals surface area (Å²) in [5.74, 6) is -1.33. The number of halogens is 1. The van der Waals surface area contributed by atoms with Crippen LogP contribution in [0.4, 0.5) is 4.39 Å². The summed E-state index contributed by atoms with van der Waals surface area (Å²) in [5, 5.41) is 9.51. The number of nitrogens with zero attached hydrogens (tertiary/aromatic N) is 2. The quantitative estimate of drug-likeness (QED) is 0.560. The van der Waals surface area contributed by atoms with Crippen LogP contribution < -0.4 is 5.56 Å². The molecule has 0 atom stereocenters. The van der Waals surface area contributed by atoms with Crippen molar-refractivity contribution in [3.63, 3.8) is 0 Å². The lowest BCUT2D eigenvalue weighted by Crippen LogP contribution is -2.21. The third-order valence-corrected chi connectivity index (χ3v) is 5.55. The summed E-state index contributed by atoms with van der Waals surface area (Å²) in [7, 11) is 0. The summed E-state index contributed by atoms with van der Waals surface area (Å²) in [6, 6.07) is 12.4. The number of aromatic carboxylic acids is 1. The molecule has 4 rings (SSSR count). The Kier molecular flexibility index (Phi) is 4.52. The Balaban J connectivity index is 1.80. The Labute approximate surface area is 163 Å². The molecule has 4 aromatic rings. The van der Waals surface area contributed by atoms with Crippen LogP contribution >= 0.6 is 11.3 Å². The molecule has 28 heavy (non-hydrogen) atoms. The molecule has 0 radical (unpaired) electrons. The van der Waals surface area contributed by atoms with Gasteiger partial charge >= 0.3 is 5.97 Å². The second-order valence-electron chi connectivity index (χ2n) is 6.40. The maximum absolute atomic E-state index is 13.3. The van der Waals surface area contributed by atoms with Crippen LogP contribution in [0, 0.1) is 12.7 Å². The van der Waals surface area contributed by atoms with Gasteiger partial charge in [0, 0.05) is 10.4 Å². The topological polar surface area (TPSA) is 72.2 Å². The molecule has 7 heteroatoms. The van der Waals surface area contributed by atoms with Gasteiger partial charge in [-0.15, -0.1) is 11.3 Å². The summed E-state index contributed by atoms with van der Waals surface area (Å²) in [6.45, 7) is 2.19. The van der Waals surface area contributed by atoms with Gasteiger partial charge in [-0.05, 0) is 42.3 Å². The first-order valence-corrected chi connectivity index (χ1v) is 9.32. The highest BCUT2D eigenvalue weighted by Crippen LogP contribution is 2.35. The Morgan fingerprint density at radius 1 is 1.14 bits per heavy atom. The Bertz CT molecular complexity index is 1240. The minimum absolute atomic E-state index is 0.184. The Hall–Kier alpha value is -3.32. The molecule has 2 heterocycles. The molecule has 0 bridgehead atoms. The van der Waals surface area contributed by atoms with E-state index in [9.17, 15) is 14.0 Å². The van der Waals surface area contributed by atoms with Gasteiger partial charge in [-0.1, -0.05) is 24.3 Å². The largest absolute Gasteiger partial charge is 0.478 e. The fourth-order valence-corrected chi connectivity index (χ4v) is 4.17. The summed E-state index contributed by atoms with van der Waals surface area (Å²) in [6.07, 6.45) is 1.50. The van der Waals surface area contributed by atoms with Crippen LogP contribution in [0.1, 0.15) is 20.8 Å². The average Bonchev–Trinajstić information content (AvgIpc) is 3.02. The number of carbonyl (C=O) groups is 1. The first-order chi connectivity index (χ1) is 13.4. The molecule has 0 aliphatic carbocycles. The normalized spacial score (nSPS) is 11.1. The molecular weight excluding hydrogens is 379 g/mol. The molecule has 140 valence electrons. The standard InChI is InChI=1S/C21H15FN2O3S/c1-12-17(14-6-8-16(22)9-7-14)18-19(28-12)23-11-24(20(18)25)10-13-2-4-15(5-3-13)21(26)27/h2-9,11H,10H2,1H3,(H,26,27). The van der Waals surface area contributed by atoms with Crippen molar-refractivity contribution < 1.29 is 14.3 Å². The predicted molar refractivity (Wildman–Crippen MR) is 107 cm³/mol. The first kappa shape index (κ1) is 18.1. The van der Waals surface area contributed by atoms with E-state index >= 15 is 0 Å². The molecule has 0 saturated heterocycles. The van der Waals surface area contributed by atoms with Crippen molar-refractivity contribution in [3.05, 3.63) is 87.0 Å². The molecule has 5 nitrogen and oxygen atoms in total. The van der Waals surface area contributed by atoms with Crippen LogP contribution in [0.2, 0.25) is 0 Å². The van der Waals surface area contributed by atoms with E-state index in [1.54, 1.807) is 24.3 Å². The van der Waals surface area contributed by atoms with Crippen molar-refractivity contribution in [2.24, 2.45) is 0 Å². The first-order valence-electron chi connectivity index (χ1n) is 8.51. The van der Waals surface area contributed by atoms with Gasteiger partial charge in [-0.2, -0.15) is 0 Å². The van der Waals surface area contributed by atoms with Gasteiger partial charge in [0.1, 0.15) is 10.6 Å². The molecule has 2 aromatic carbocycles. The number of aryl methyl sites for hydroxylation is 1. The van der Waals surface area contributed by atoms with E-state index in [0.29, 0.717) is 10.2 Å². The SMILES string of the molecule is Cc1sc2ncn(Cc3ccc(C(=O)O)cc3)c(=O)c2c1-c1ccc(F)cc1. The van der Waals surface area contributed by atoms with Crippen LogP contribution in [-0.4, -0.2) is 20.6 Å². The summed E-state index contributed by atoms with van der Waals surface area (Å²) >= 11 is 1.43. The van der Waals surface area contributed by atoms with Crippen LogP contribution in [0.3, 0.4) is 0 Å². The van der Waals surface area contributed by atoms with Crippen molar-refractivity contribution in [1.82, 2.24) is 9.55 Å². The lowest BCUT2D eigenvalue weighted by Gasteiger charge is -2.07. The maximum Gasteiger partial charge on any atom is 0.335 e. The number of rotatable bonds is 4. The molecule has 0 saturated carbocycles. The predicted octanol–water partition coefficient (Wildman–Crippen LogP) is 4.32. The number of carboxylic acids is 1. The van der Waals surface area contributed by atoms with E-state index in [4.69, 9.17) is 5.11 Å². The Morgan fingerprint density at radius 3 is 2.46 bits per heavy atom. The second-order valence-corrected chi connectivity index (χ2v) is 7.60. The fraction of sp³-hybridized carbons (Fsp3) is 0.0952. The second kappa shape index (κ2) is 7.01. The van der Waals surface area contributed by atoms with Gasteiger partial charge in [0.2, 0.25) is 0 Å². The molecule has 0 aliphatic heterocycles.